The average molecular weight is 224 g/mol. The Morgan fingerprint density at radius 1 is 1.40 bits per heavy atom. The lowest BCUT2D eigenvalue weighted by atomic mass is 10.1. The van der Waals surface area contributed by atoms with Crippen LogP contribution in [0.1, 0.15) is 46.0 Å². The van der Waals surface area contributed by atoms with Gasteiger partial charge in [-0.1, -0.05) is 32.6 Å². The molecule has 3 nitrogen and oxygen atoms in total. The van der Waals surface area contributed by atoms with Crippen molar-refractivity contribution in [1.29, 1.82) is 0 Å². The first-order valence-corrected chi connectivity index (χ1v) is 5.19. The number of ether oxygens (including phenoxy) is 1. The summed E-state index contributed by atoms with van der Waals surface area (Å²) in [6.45, 7) is 3.52. The van der Waals surface area contributed by atoms with Crippen molar-refractivity contribution in [2.24, 2.45) is 0 Å². The molecule has 0 rings (SSSR count). The molecule has 0 aromatic carbocycles. The van der Waals surface area contributed by atoms with Crippen molar-refractivity contribution in [2.75, 3.05) is 0 Å². The van der Waals surface area contributed by atoms with Gasteiger partial charge in [-0.15, -0.1) is 0 Å². The first-order chi connectivity index (χ1) is 6.90. The minimum absolute atomic E-state index is 0.461. The van der Waals surface area contributed by atoms with Crippen LogP contribution in [0.2, 0.25) is 0 Å². The van der Waals surface area contributed by atoms with E-state index in [4.69, 9.17) is 5.11 Å². The van der Waals surface area contributed by atoms with E-state index in [1.807, 2.05) is 0 Å². The third-order valence-electron chi connectivity index (χ3n) is 2.06. The van der Waals surface area contributed by atoms with Crippen molar-refractivity contribution in [3.05, 3.63) is 0 Å². The Morgan fingerprint density at radius 2 is 2.00 bits per heavy atom. The molecule has 0 saturated carbocycles. The summed E-state index contributed by atoms with van der Waals surface area (Å²) in [7, 11) is 0. The zero-order valence-corrected chi connectivity index (χ0v) is 9.13. The van der Waals surface area contributed by atoms with Gasteiger partial charge in [0.2, 0.25) is 0 Å². The topological polar surface area (TPSA) is 46.5 Å². The number of rotatable bonds is 8. The summed E-state index contributed by atoms with van der Waals surface area (Å²) in [5, 5.41) is 8.12. The van der Waals surface area contributed by atoms with E-state index in [9.17, 15) is 13.6 Å². The number of unbranched alkanes of at least 4 members (excludes halogenated alkanes) is 3. The van der Waals surface area contributed by atoms with Crippen molar-refractivity contribution in [1.82, 2.24) is 0 Å². The van der Waals surface area contributed by atoms with E-state index in [1.165, 1.54) is 6.92 Å². The van der Waals surface area contributed by atoms with Crippen LogP contribution < -0.4 is 0 Å². The number of aliphatic carboxylic acids is 1. The van der Waals surface area contributed by atoms with Crippen LogP contribution in [-0.2, 0) is 9.53 Å². The molecule has 5 heteroatoms. The number of hydrogen-bond acceptors (Lipinski definition) is 2. The van der Waals surface area contributed by atoms with E-state index in [0.717, 1.165) is 25.7 Å². The van der Waals surface area contributed by atoms with E-state index in [0.29, 0.717) is 6.42 Å². The van der Waals surface area contributed by atoms with Crippen LogP contribution in [0, 0.1) is 0 Å². The van der Waals surface area contributed by atoms with Gasteiger partial charge in [-0.3, -0.25) is 0 Å². The lowest BCUT2D eigenvalue weighted by Gasteiger charge is -2.17. The maximum Gasteiger partial charge on any atom is 0.456 e. The normalized spacial score (nSPS) is 13.9. The molecule has 15 heavy (non-hydrogen) atoms. The van der Waals surface area contributed by atoms with Crippen molar-refractivity contribution < 1.29 is 23.4 Å². The van der Waals surface area contributed by atoms with E-state index in [2.05, 4.69) is 11.7 Å². The molecule has 0 aromatic rings. The van der Waals surface area contributed by atoms with Crippen LogP contribution in [0.25, 0.3) is 0 Å². The standard InChI is InChI=1S/C10H18F2O3/c1-3-4-5-6-7-8(2)15-10(11,12)9(13)14/h8H,3-7H2,1-2H3,(H,13,14). The minimum Gasteiger partial charge on any atom is -0.475 e. The third kappa shape index (κ3) is 6.38. The summed E-state index contributed by atoms with van der Waals surface area (Å²) in [5.41, 5.74) is 0. The Morgan fingerprint density at radius 3 is 2.47 bits per heavy atom. The second kappa shape index (κ2) is 6.71. The molecule has 0 aliphatic heterocycles. The van der Waals surface area contributed by atoms with Crippen LogP contribution in [0.3, 0.4) is 0 Å². The van der Waals surface area contributed by atoms with Crippen LogP contribution in [-0.4, -0.2) is 23.3 Å². The predicted molar refractivity (Wildman–Crippen MR) is 51.9 cm³/mol. The molecule has 90 valence electrons. The monoisotopic (exact) mass is 224 g/mol. The highest BCUT2D eigenvalue weighted by Crippen LogP contribution is 2.20. The van der Waals surface area contributed by atoms with Gasteiger partial charge in [0.05, 0.1) is 6.10 Å². The maximum absolute atomic E-state index is 12.6. The van der Waals surface area contributed by atoms with Gasteiger partial charge in [0.1, 0.15) is 0 Å². The van der Waals surface area contributed by atoms with Gasteiger partial charge in [0.15, 0.2) is 0 Å². The molecule has 0 aliphatic carbocycles. The summed E-state index contributed by atoms with van der Waals surface area (Å²) in [6, 6.07) is 0. The van der Waals surface area contributed by atoms with Gasteiger partial charge in [-0.25, -0.2) is 4.79 Å². The molecule has 1 N–H and O–H groups in total. The van der Waals surface area contributed by atoms with Crippen molar-refractivity contribution >= 4 is 5.97 Å². The predicted octanol–water partition coefficient (Wildman–Crippen LogP) is 3.04. The summed E-state index contributed by atoms with van der Waals surface area (Å²) in [6.07, 6.45) is -0.462. The lowest BCUT2D eigenvalue weighted by molar-refractivity contribution is -0.261. The second-order valence-corrected chi connectivity index (χ2v) is 3.60. The van der Waals surface area contributed by atoms with Crippen molar-refractivity contribution in [3.63, 3.8) is 0 Å². The molecule has 0 saturated heterocycles. The fourth-order valence-electron chi connectivity index (χ4n) is 1.22. The first kappa shape index (κ1) is 14.3. The molecule has 1 unspecified atom stereocenters. The van der Waals surface area contributed by atoms with Crippen molar-refractivity contribution in [3.8, 4) is 0 Å². The van der Waals surface area contributed by atoms with E-state index >= 15 is 0 Å². The number of alkyl halides is 2. The fraction of sp³-hybridized carbons (Fsp3) is 0.900. The molecule has 0 spiro atoms. The third-order valence-corrected chi connectivity index (χ3v) is 2.06. The van der Waals surface area contributed by atoms with Gasteiger partial charge >= 0.3 is 12.1 Å². The van der Waals surface area contributed by atoms with Crippen LogP contribution in [0.5, 0.6) is 0 Å². The Balaban J connectivity index is 3.73. The van der Waals surface area contributed by atoms with Gasteiger partial charge < -0.3 is 9.84 Å². The molecule has 0 bridgehead atoms. The molecule has 1 atom stereocenters. The molecule has 0 heterocycles. The Bertz CT molecular complexity index is 195. The minimum atomic E-state index is -4.07. The second-order valence-electron chi connectivity index (χ2n) is 3.60. The molecular weight excluding hydrogens is 206 g/mol. The average Bonchev–Trinajstić information content (AvgIpc) is 2.11. The largest absolute Gasteiger partial charge is 0.475 e. The molecule has 0 amide bonds. The van der Waals surface area contributed by atoms with Gasteiger partial charge in [-0.05, 0) is 13.3 Å². The highest BCUT2D eigenvalue weighted by atomic mass is 19.3. The Kier molecular flexibility index (Phi) is 6.40. The van der Waals surface area contributed by atoms with E-state index in [-0.39, 0.29) is 0 Å². The molecule has 0 aliphatic rings. The number of carboxylic acid groups (broad SMARTS) is 1. The number of hydrogen-bond donors (Lipinski definition) is 1. The molecule has 0 fully saturated rings. The zero-order chi connectivity index (χ0) is 11.9. The lowest BCUT2D eigenvalue weighted by Crippen LogP contribution is -2.35. The zero-order valence-electron chi connectivity index (χ0n) is 9.13. The number of carbonyl (C=O) groups is 1. The summed E-state index contributed by atoms with van der Waals surface area (Å²) in [4.78, 5) is 10.1. The summed E-state index contributed by atoms with van der Waals surface area (Å²) >= 11 is 0. The van der Waals surface area contributed by atoms with Crippen LogP contribution in [0.4, 0.5) is 8.78 Å². The fourth-order valence-corrected chi connectivity index (χ4v) is 1.22. The summed E-state index contributed by atoms with van der Waals surface area (Å²) in [5.74, 6) is -2.23. The van der Waals surface area contributed by atoms with Crippen LogP contribution in [0.15, 0.2) is 0 Å². The molecule has 0 radical (unpaired) electrons. The number of carboxylic acids is 1. The summed E-state index contributed by atoms with van der Waals surface area (Å²) < 4.78 is 29.2. The maximum atomic E-state index is 12.6. The van der Waals surface area contributed by atoms with Gasteiger partial charge in [0, 0.05) is 0 Å². The quantitative estimate of drug-likeness (QED) is 0.644. The first-order valence-electron chi connectivity index (χ1n) is 5.19. The van der Waals surface area contributed by atoms with E-state index < -0.39 is 18.2 Å². The van der Waals surface area contributed by atoms with Crippen LogP contribution >= 0.6 is 0 Å². The van der Waals surface area contributed by atoms with Gasteiger partial charge in [0.25, 0.3) is 0 Å². The highest BCUT2D eigenvalue weighted by molar-refractivity contribution is 5.73. The van der Waals surface area contributed by atoms with E-state index in [1.54, 1.807) is 0 Å². The molecule has 0 aromatic heterocycles. The van der Waals surface area contributed by atoms with Gasteiger partial charge in [-0.2, -0.15) is 8.78 Å². The number of halogens is 2. The SMILES string of the molecule is CCCCCCC(C)OC(F)(F)C(=O)O. The Labute approximate surface area is 88.4 Å². The van der Waals surface area contributed by atoms with Crippen molar-refractivity contribution in [2.45, 2.75) is 58.2 Å². The Hall–Kier alpha value is -0.710. The smallest absolute Gasteiger partial charge is 0.456 e. The molecular formula is C10H18F2O3. The highest BCUT2D eigenvalue weighted by Gasteiger charge is 2.41.